The second-order valence-corrected chi connectivity index (χ2v) is 6.13. The van der Waals surface area contributed by atoms with Crippen LogP contribution in [-0.4, -0.2) is 53.0 Å². The first-order valence-corrected chi connectivity index (χ1v) is 7.40. The van der Waals surface area contributed by atoms with Gasteiger partial charge in [-0.25, -0.2) is 0 Å². The molecule has 0 aromatic heterocycles. The quantitative estimate of drug-likeness (QED) is 0.802. The number of halogens is 3. The lowest BCUT2D eigenvalue weighted by molar-refractivity contribution is -0.171. The van der Waals surface area contributed by atoms with E-state index in [-0.39, 0.29) is 17.7 Å². The van der Waals surface area contributed by atoms with Gasteiger partial charge in [0, 0.05) is 13.1 Å². The van der Waals surface area contributed by atoms with E-state index in [9.17, 15) is 22.8 Å². The van der Waals surface area contributed by atoms with E-state index in [0.29, 0.717) is 13.0 Å². The Labute approximate surface area is 122 Å². The molecule has 2 fully saturated rings. The summed E-state index contributed by atoms with van der Waals surface area (Å²) in [6.07, 6.45) is -3.16. The summed E-state index contributed by atoms with van der Waals surface area (Å²) in [6, 6.07) is -1.33. The topological polar surface area (TPSA) is 40.6 Å². The maximum Gasteiger partial charge on any atom is 0.390 e. The number of amides is 2. The highest BCUT2D eigenvalue weighted by atomic mass is 19.4. The van der Waals surface area contributed by atoms with Gasteiger partial charge in [0.05, 0.1) is 6.42 Å². The highest BCUT2D eigenvalue weighted by molar-refractivity contribution is 5.97. The van der Waals surface area contributed by atoms with E-state index >= 15 is 0 Å². The van der Waals surface area contributed by atoms with E-state index in [1.807, 2.05) is 0 Å². The van der Waals surface area contributed by atoms with Crippen molar-refractivity contribution in [3.63, 3.8) is 0 Å². The standard InChI is InChI=1S/C14H21F3N2O2/c1-9(2)11-13(21)18-7-4-3-5-10(18)12(20)19(11)8-6-14(15,16)17/h9-11H,3-8H2,1-2H3. The minimum absolute atomic E-state index is 0.197. The molecule has 2 unspecified atom stereocenters. The van der Waals surface area contributed by atoms with Crippen LogP contribution in [0.5, 0.6) is 0 Å². The van der Waals surface area contributed by atoms with Gasteiger partial charge in [0.2, 0.25) is 11.8 Å². The van der Waals surface area contributed by atoms with E-state index in [2.05, 4.69) is 0 Å². The lowest BCUT2D eigenvalue weighted by atomic mass is 9.90. The van der Waals surface area contributed by atoms with Gasteiger partial charge in [-0.15, -0.1) is 0 Å². The maximum atomic E-state index is 12.5. The Hall–Kier alpha value is -1.27. The molecular weight excluding hydrogens is 285 g/mol. The molecule has 120 valence electrons. The minimum atomic E-state index is -4.32. The molecule has 0 bridgehead atoms. The van der Waals surface area contributed by atoms with Crippen LogP contribution in [0.1, 0.15) is 39.5 Å². The maximum absolute atomic E-state index is 12.5. The number of carbonyl (C=O) groups excluding carboxylic acids is 2. The molecule has 2 rings (SSSR count). The summed E-state index contributed by atoms with van der Waals surface area (Å²) in [4.78, 5) is 27.8. The van der Waals surface area contributed by atoms with Gasteiger partial charge < -0.3 is 9.80 Å². The van der Waals surface area contributed by atoms with Gasteiger partial charge >= 0.3 is 6.18 Å². The average Bonchev–Trinajstić information content (AvgIpc) is 2.39. The van der Waals surface area contributed by atoms with Crippen molar-refractivity contribution in [1.29, 1.82) is 0 Å². The van der Waals surface area contributed by atoms with E-state index in [1.54, 1.807) is 18.7 Å². The highest BCUT2D eigenvalue weighted by Gasteiger charge is 2.48. The van der Waals surface area contributed by atoms with Crippen molar-refractivity contribution in [2.24, 2.45) is 5.92 Å². The van der Waals surface area contributed by atoms with Crippen molar-refractivity contribution >= 4 is 11.8 Å². The number of carbonyl (C=O) groups is 2. The van der Waals surface area contributed by atoms with Crippen molar-refractivity contribution in [2.75, 3.05) is 13.1 Å². The normalized spacial score (nSPS) is 27.3. The van der Waals surface area contributed by atoms with Crippen LogP contribution < -0.4 is 0 Å². The fourth-order valence-electron chi connectivity index (χ4n) is 3.23. The van der Waals surface area contributed by atoms with Crippen LogP contribution in [0.25, 0.3) is 0 Å². The number of hydrogen-bond donors (Lipinski definition) is 0. The Bertz CT molecular complexity index is 423. The van der Waals surface area contributed by atoms with Crippen molar-refractivity contribution in [2.45, 2.75) is 57.8 Å². The first-order valence-electron chi connectivity index (χ1n) is 7.40. The molecule has 0 saturated carbocycles. The van der Waals surface area contributed by atoms with Crippen LogP contribution in [-0.2, 0) is 9.59 Å². The zero-order valence-electron chi connectivity index (χ0n) is 12.3. The Kier molecular flexibility index (Phi) is 4.49. The molecule has 2 atom stereocenters. The molecule has 2 aliphatic rings. The number of nitrogens with zero attached hydrogens (tertiary/aromatic N) is 2. The molecule has 21 heavy (non-hydrogen) atoms. The van der Waals surface area contributed by atoms with E-state index < -0.39 is 31.2 Å². The average molecular weight is 306 g/mol. The number of fused-ring (bicyclic) bond motifs is 1. The van der Waals surface area contributed by atoms with Crippen molar-refractivity contribution < 1.29 is 22.8 Å². The number of hydrogen-bond acceptors (Lipinski definition) is 2. The predicted octanol–water partition coefficient (Wildman–Crippen LogP) is 2.19. The largest absolute Gasteiger partial charge is 0.390 e. The lowest BCUT2D eigenvalue weighted by Crippen LogP contribution is -2.67. The highest BCUT2D eigenvalue weighted by Crippen LogP contribution is 2.30. The molecule has 2 amide bonds. The first-order chi connectivity index (χ1) is 9.72. The molecule has 2 aliphatic heterocycles. The second-order valence-electron chi connectivity index (χ2n) is 6.13. The molecule has 0 N–H and O–H groups in total. The lowest BCUT2D eigenvalue weighted by Gasteiger charge is -2.48. The van der Waals surface area contributed by atoms with E-state index in [0.717, 1.165) is 17.7 Å². The van der Waals surface area contributed by atoms with Crippen LogP contribution in [0.2, 0.25) is 0 Å². The third kappa shape index (κ3) is 3.32. The van der Waals surface area contributed by atoms with Crippen LogP contribution >= 0.6 is 0 Å². The summed E-state index contributed by atoms with van der Waals surface area (Å²) in [7, 11) is 0. The Morgan fingerprint density at radius 1 is 1.19 bits per heavy atom. The molecule has 4 nitrogen and oxygen atoms in total. The Morgan fingerprint density at radius 3 is 2.43 bits per heavy atom. The minimum Gasteiger partial charge on any atom is -0.329 e. The molecule has 0 spiro atoms. The number of rotatable bonds is 3. The SMILES string of the molecule is CC(C)C1C(=O)N2CCCCC2C(=O)N1CCC(F)(F)F. The smallest absolute Gasteiger partial charge is 0.329 e. The van der Waals surface area contributed by atoms with Crippen LogP contribution in [0.15, 0.2) is 0 Å². The molecule has 2 heterocycles. The monoisotopic (exact) mass is 306 g/mol. The van der Waals surface area contributed by atoms with Gasteiger partial charge in [0.25, 0.3) is 0 Å². The van der Waals surface area contributed by atoms with Gasteiger partial charge in [-0.1, -0.05) is 13.8 Å². The third-order valence-electron chi connectivity index (χ3n) is 4.21. The van der Waals surface area contributed by atoms with Crippen molar-refractivity contribution in [1.82, 2.24) is 9.80 Å². The fourth-order valence-corrected chi connectivity index (χ4v) is 3.23. The predicted molar refractivity (Wildman–Crippen MR) is 70.4 cm³/mol. The molecule has 0 aromatic rings. The van der Waals surface area contributed by atoms with E-state index in [4.69, 9.17) is 0 Å². The summed E-state index contributed by atoms with van der Waals surface area (Å²) >= 11 is 0. The summed E-state index contributed by atoms with van der Waals surface area (Å²) in [6.45, 7) is 3.63. The van der Waals surface area contributed by atoms with Crippen LogP contribution in [0.3, 0.4) is 0 Å². The summed E-state index contributed by atoms with van der Waals surface area (Å²) < 4.78 is 37.4. The summed E-state index contributed by atoms with van der Waals surface area (Å²) in [5, 5.41) is 0. The van der Waals surface area contributed by atoms with Gasteiger partial charge in [0.1, 0.15) is 12.1 Å². The fraction of sp³-hybridized carbons (Fsp3) is 0.857. The molecule has 7 heteroatoms. The van der Waals surface area contributed by atoms with Crippen molar-refractivity contribution in [3.8, 4) is 0 Å². The molecule has 0 aromatic carbocycles. The van der Waals surface area contributed by atoms with Gasteiger partial charge in [0.15, 0.2) is 0 Å². The molecule has 0 aliphatic carbocycles. The first kappa shape index (κ1) is 16.1. The molecule has 0 radical (unpaired) electrons. The molecular formula is C14H21F3N2O2. The Morgan fingerprint density at radius 2 is 1.86 bits per heavy atom. The number of alkyl halides is 3. The number of piperidine rings is 1. The molecule has 2 saturated heterocycles. The van der Waals surface area contributed by atoms with Crippen LogP contribution in [0.4, 0.5) is 13.2 Å². The Balaban J connectivity index is 2.22. The van der Waals surface area contributed by atoms with Crippen molar-refractivity contribution in [3.05, 3.63) is 0 Å². The van der Waals surface area contributed by atoms with Gasteiger partial charge in [-0.2, -0.15) is 13.2 Å². The number of piperazine rings is 1. The van der Waals surface area contributed by atoms with Gasteiger partial charge in [-0.05, 0) is 25.2 Å². The zero-order chi connectivity index (χ0) is 15.8. The zero-order valence-corrected chi connectivity index (χ0v) is 12.3. The summed E-state index contributed by atoms with van der Waals surface area (Å²) in [5.74, 6) is -0.716. The van der Waals surface area contributed by atoms with Crippen LogP contribution in [0, 0.1) is 5.92 Å². The van der Waals surface area contributed by atoms with Gasteiger partial charge in [-0.3, -0.25) is 9.59 Å². The second kappa shape index (κ2) is 5.85. The summed E-state index contributed by atoms with van der Waals surface area (Å²) in [5.41, 5.74) is 0. The third-order valence-corrected chi connectivity index (χ3v) is 4.21. The van der Waals surface area contributed by atoms with E-state index in [1.165, 1.54) is 0 Å².